The Morgan fingerprint density at radius 2 is 2.05 bits per heavy atom. The molecule has 0 fully saturated rings. The molecule has 6 nitrogen and oxygen atoms in total. The van der Waals surface area contributed by atoms with Gasteiger partial charge in [0.05, 0.1) is 10.6 Å². The van der Waals surface area contributed by atoms with Gasteiger partial charge in [-0.2, -0.15) is 0 Å². The van der Waals surface area contributed by atoms with Gasteiger partial charge in [-0.05, 0) is 26.0 Å². The molecule has 7 heteroatoms. The molecule has 19 heavy (non-hydrogen) atoms. The first-order valence-corrected chi connectivity index (χ1v) is 6.33. The monoisotopic (exact) mass is 280 g/mol. The quantitative estimate of drug-likeness (QED) is 0.893. The number of nitrogens with zero attached hydrogens (tertiary/aromatic N) is 1. The number of carboxylic acids is 1. The summed E-state index contributed by atoms with van der Waals surface area (Å²) in [4.78, 5) is 23.1. The van der Waals surface area contributed by atoms with Crippen LogP contribution < -0.4 is 5.32 Å². The molecule has 0 aromatic carbocycles. The molecule has 0 spiro atoms. The molecule has 0 bridgehead atoms. The molecule has 0 aliphatic heterocycles. The van der Waals surface area contributed by atoms with Gasteiger partial charge in [0.1, 0.15) is 10.6 Å². The lowest BCUT2D eigenvalue weighted by Crippen LogP contribution is -2.22. The fraction of sp³-hybridized carbons (Fsp3) is 0.250. The van der Waals surface area contributed by atoms with E-state index in [0.717, 1.165) is 22.6 Å². The highest BCUT2D eigenvalue weighted by Gasteiger charge is 2.14. The standard InChI is InChI=1S/C12H12N2O4S/c1-6-8(7(2)18-14-6)5-13-11(15)9-3-4-10(19-9)12(16)17/h3-4H,5H2,1-2H3,(H,13,15)(H,16,17). The molecule has 0 saturated heterocycles. The van der Waals surface area contributed by atoms with Crippen molar-refractivity contribution in [2.45, 2.75) is 20.4 Å². The first-order valence-electron chi connectivity index (χ1n) is 5.52. The predicted octanol–water partition coefficient (Wildman–Crippen LogP) is 1.98. The smallest absolute Gasteiger partial charge is 0.345 e. The van der Waals surface area contributed by atoms with E-state index in [-0.39, 0.29) is 10.8 Å². The van der Waals surface area contributed by atoms with E-state index in [0.29, 0.717) is 17.2 Å². The van der Waals surface area contributed by atoms with Gasteiger partial charge in [-0.25, -0.2) is 4.79 Å². The number of hydrogen-bond acceptors (Lipinski definition) is 5. The van der Waals surface area contributed by atoms with Crippen molar-refractivity contribution >= 4 is 23.2 Å². The van der Waals surface area contributed by atoms with E-state index >= 15 is 0 Å². The van der Waals surface area contributed by atoms with Crippen LogP contribution in [-0.2, 0) is 6.54 Å². The Balaban J connectivity index is 2.03. The van der Waals surface area contributed by atoms with Crippen LogP contribution in [0.5, 0.6) is 0 Å². The summed E-state index contributed by atoms with van der Waals surface area (Å²) in [6, 6.07) is 2.91. The number of carbonyl (C=O) groups excluding carboxylic acids is 1. The minimum absolute atomic E-state index is 0.141. The van der Waals surface area contributed by atoms with Crippen LogP contribution in [0, 0.1) is 13.8 Å². The molecule has 2 N–H and O–H groups in total. The summed E-state index contributed by atoms with van der Waals surface area (Å²) >= 11 is 0.944. The lowest BCUT2D eigenvalue weighted by molar-refractivity contribution is 0.0702. The van der Waals surface area contributed by atoms with E-state index in [1.165, 1.54) is 12.1 Å². The third kappa shape index (κ3) is 2.82. The minimum atomic E-state index is -1.03. The van der Waals surface area contributed by atoms with Crippen molar-refractivity contribution in [3.8, 4) is 0 Å². The van der Waals surface area contributed by atoms with Crippen molar-refractivity contribution in [3.63, 3.8) is 0 Å². The van der Waals surface area contributed by atoms with Crippen molar-refractivity contribution in [2.75, 3.05) is 0 Å². The maximum atomic E-state index is 11.9. The van der Waals surface area contributed by atoms with E-state index in [4.69, 9.17) is 9.63 Å². The third-order valence-electron chi connectivity index (χ3n) is 2.65. The van der Waals surface area contributed by atoms with Crippen LogP contribution in [0.15, 0.2) is 16.7 Å². The van der Waals surface area contributed by atoms with Crippen LogP contribution in [0.25, 0.3) is 0 Å². The summed E-state index contributed by atoms with van der Waals surface area (Å²) in [6.45, 7) is 3.88. The number of aryl methyl sites for hydroxylation is 2. The SMILES string of the molecule is Cc1noc(C)c1CNC(=O)c1ccc(C(=O)O)s1. The highest BCUT2D eigenvalue weighted by atomic mass is 32.1. The largest absolute Gasteiger partial charge is 0.477 e. The zero-order valence-electron chi connectivity index (χ0n) is 10.4. The second-order valence-electron chi connectivity index (χ2n) is 3.95. The summed E-state index contributed by atoms with van der Waals surface area (Å²) in [5.74, 6) is -0.678. The van der Waals surface area contributed by atoms with Crippen molar-refractivity contribution in [3.05, 3.63) is 38.9 Å². The zero-order chi connectivity index (χ0) is 14.0. The molecule has 2 aromatic rings. The number of amides is 1. The average molecular weight is 280 g/mol. The van der Waals surface area contributed by atoms with Crippen LogP contribution in [0.1, 0.15) is 36.4 Å². The maximum absolute atomic E-state index is 11.9. The molecule has 2 aromatic heterocycles. The molecule has 0 atom stereocenters. The normalized spacial score (nSPS) is 10.4. The van der Waals surface area contributed by atoms with Crippen molar-refractivity contribution < 1.29 is 19.2 Å². The number of thiophene rings is 1. The van der Waals surface area contributed by atoms with Gasteiger partial charge in [0, 0.05) is 12.1 Å². The van der Waals surface area contributed by atoms with E-state index in [1.807, 2.05) is 0 Å². The highest BCUT2D eigenvalue weighted by Crippen LogP contribution is 2.17. The number of rotatable bonds is 4. The molecule has 0 aliphatic rings. The van der Waals surface area contributed by atoms with E-state index in [9.17, 15) is 9.59 Å². The van der Waals surface area contributed by atoms with E-state index in [1.54, 1.807) is 13.8 Å². The summed E-state index contributed by atoms with van der Waals surface area (Å²) in [6.07, 6.45) is 0. The summed E-state index contributed by atoms with van der Waals surface area (Å²) < 4.78 is 4.99. The van der Waals surface area contributed by atoms with Gasteiger partial charge >= 0.3 is 5.97 Å². The van der Waals surface area contributed by atoms with Gasteiger partial charge in [0.15, 0.2) is 0 Å². The molecular weight excluding hydrogens is 268 g/mol. The summed E-state index contributed by atoms with van der Waals surface area (Å²) in [5, 5.41) is 15.3. The average Bonchev–Trinajstić information content (AvgIpc) is 2.95. The third-order valence-corrected chi connectivity index (χ3v) is 3.72. The number of aromatic nitrogens is 1. The topological polar surface area (TPSA) is 92.4 Å². The minimum Gasteiger partial charge on any atom is -0.477 e. The van der Waals surface area contributed by atoms with Gasteiger partial charge in [-0.3, -0.25) is 4.79 Å². The Morgan fingerprint density at radius 3 is 2.58 bits per heavy atom. The maximum Gasteiger partial charge on any atom is 0.345 e. The number of nitrogens with one attached hydrogen (secondary N) is 1. The number of carbonyl (C=O) groups is 2. The second-order valence-corrected chi connectivity index (χ2v) is 5.04. The number of hydrogen-bond donors (Lipinski definition) is 2. The molecule has 0 aliphatic carbocycles. The van der Waals surface area contributed by atoms with Gasteiger partial charge in [0.2, 0.25) is 0 Å². The lowest BCUT2D eigenvalue weighted by atomic mass is 10.2. The Bertz CT molecular complexity index is 610. The molecule has 2 rings (SSSR count). The van der Waals surface area contributed by atoms with Crippen molar-refractivity contribution in [1.82, 2.24) is 10.5 Å². The summed E-state index contributed by atoms with van der Waals surface area (Å²) in [7, 11) is 0. The predicted molar refractivity (Wildman–Crippen MR) is 68.4 cm³/mol. The van der Waals surface area contributed by atoms with Gasteiger partial charge < -0.3 is 14.9 Å². The number of carboxylic acid groups (broad SMARTS) is 1. The van der Waals surface area contributed by atoms with Gasteiger partial charge in [0.25, 0.3) is 5.91 Å². The Kier molecular flexibility index (Phi) is 3.66. The Hall–Kier alpha value is -2.15. The van der Waals surface area contributed by atoms with Crippen molar-refractivity contribution in [1.29, 1.82) is 0 Å². The van der Waals surface area contributed by atoms with Crippen LogP contribution >= 0.6 is 11.3 Å². The zero-order valence-corrected chi connectivity index (χ0v) is 11.2. The van der Waals surface area contributed by atoms with Crippen molar-refractivity contribution in [2.24, 2.45) is 0 Å². The van der Waals surface area contributed by atoms with Gasteiger partial charge in [-0.15, -0.1) is 11.3 Å². The van der Waals surface area contributed by atoms with E-state index < -0.39 is 5.97 Å². The highest BCUT2D eigenvalue weighted by molar-refractivity contribution is 7.15. The van der Waals surface area contributed by atoms with Crippen LogP contribution in [-0.4, -0.2) is 22.1 Å². The molecule has 1 amide bonds. The molecule has 0 radical (unpaired) electrons. The summed E-state index contributed by atoms with van der Waals surface area (Å²) in [5.41, 5.74) is 1.57. The fourth-order valence-electron chi connectivity index (χ4n) is 1.58. The van der Waals surface area contributed by atoms with Crippen LogP contribution in [0.3, 0.4) is 0 Å². The Morgan fingerprint density at radius 1 is 1.37 bits per heavy atom. The van der Waals surface area contributed by atoms with Gasteiger partial charge in [-0.1, -0.05) is 5.16 Å². The first kappa shape index (κ1) is 13.3. The molecule has 100 valence electrons. The molecular formula is C12H12N2O4S. The van der Waals surface area contributed by atoms with Crippen LogP contribution in [0.2, 0.25) is 0 Å². The number of aromatic carboxylic acids is 1. The molecule has 0 unspecified atom stereocenters. The van der Waals surface area contributed by atoms with Crippen LogP contribution in [0.4, 0.5) is 0 Å². The molecule has 2 heterocycles. The lowest BCUT2D eigenvalue weighted by Gasteiger charge is -2.02. The molecule has 0 saturated carbocycles. The Labute approximate surface area is 113 Å². The first-order chi connectivity index (χ1) is 8.99. The second kappa shape index (κ2) is 5.23. The van der Waals surface area contributed by atoms with E-state index in [2.05, 4.69) is 10.5 Å². The fourth-order valence-corrected chi connectivity index (χ4v) is 2.35.